The van der Waals surface area contributed by atoms with Gasteiger partial charge in [0.05, 0.1) is 12.2 Å². The number of hydrogen-bond acceptors (Lipinski definition) is 1. The lowest BCUT2D eigenvalue weighted by Crippen LogP contribution is -2.31. The minimum Gasteiger partial charge on any atom is -0.478 e. The smallest absolute Gasteiger partial charge is 0.335 e. The van der Waals surface area contributed by atoms with Crippen LogP contribution in [0.1, 0.15) is 48.0 Å². The Hall–Kier alpha value is -1.38. The highest BCUT2D eigenvalue weighted by molar-refractivity contribution is 5.87. The second-order valence-corrected chi connectivity index (χ2v) is 4.86. The summed E-state index contributed by atoms with van der Waals surface area (Å²) in [6.07, 6.45) is 4.86. The van der Waals surface area contributed by atoms with Crippen LogP contribution in [0.3, 0.4) is 0 Å². The van der Waals surface area contributed by atoms with Crippen molar-refractivity contribution in [2.24, 2.45) is 0 Å². The second-order valence-electron chi connectivity index (χ2n) is 4.86. The maximum absolute atomic E-state index is 13.4. The molecule has 0 radical (unpaired) electrons. The van der Waals surface area contributed by atoms with Crippen LogP contribution in [-0.2, 0) is 5.41 Å². The lowest BCUT2D eigenvalue weighted by molar-refractivity contribution is 0.0696. The van der Waals surface area contributed by atoms with Crippen molar-refractivity contribution in [1.29, 1.82) is 0 Å². The van der Waals surface area contributed by atoms with Crippen LogP contribution in [0.2, 0.25) is 0 Å². The van der Waals surface area contributed by atoms with Crippen molar-refractivity contribution >= 4 is 5.97 Å². The highest BCUT2D eigenvalue weighted by Gasteiger charge is 2.34. The molecule has 17 heavy (non-hydrogen) atoms. The van der Waals surface area contributed by atoms with Crippen molar-refractivity contribution in [2.45, 2.75) is 37.5 Å². The van der Waals surface area contributed by atoms with Gasteiger partial charge in [0, 0.05) is 5.41 Å². The molecule has 0 spiro atoms. The van der Waals surface area contributed by atoms with E-state index >= 15 is 0 Å². The Labute approximate surface area is 100 Å². The molecule has 1 aliphatic carbocycles. The van der Waals surface area contributed by atoms with Gasteiger partial charge in [0.1, 0.15) is 0 Å². The summed E-state index contributed by atoms with van der Waals surface area (Å²) in [6.45, 7) is -0.393. The van der Waals surface area contributed by atoms with Crippen LogP contribution in [0.25, 0.3) is 0 Å². The topological polar surface area (TPSA) is 37.3 Å². The summed E-state index contributed by atoms with van der Waals surface area (Å²) in [5.74, 6) is -0.948. The summed E-state index contributed by atoms with van der Waals surface area (Å²) >= 11 is 0. The fourth-order valence-electron chi connectivity index (χ4n) is 2.71. The third-order valence-corrected chi connectivity index (χ3v) is 3.79. The minimum atomic E-state index is -0.948. The molecular weight excluding hydrogens is 219 g/mol. The van der Waals surface area contributed by atoms with E-state index in [0.717, 1.165) is 37.7 Å². The molecule has 0 amide bonds. The summed E-state index contributed by atoms with van der Waals surface area (Å²) in [4.78, 5) is 10.9. The molecule has 0 atom stereocenters. The van der Waals surface area contributed by atoms with Gasteiger partial charge in [-0.15, -0.1) is 0 Å². The average Bonchev–Trinajstić information content (AvgIpc) is 2.39. The van der Waals surface area contributed by atoms with Gasteiger partial charge < -0.3 is 5.11 Å². The lowest BCUT2D eigenvalue weighted by atomic mass is 9.70. The lowest BCUT2D eigenvalue weighted by Gasteiger charge is -2.35. The first-order valence-electron chi connectivity index (χ1n) is 6.08. The molecule has 92 valence electrons. The summed E-state index contributed by atoms with van der Waals surface area (Å²) in [7, 11) is 0. The third-order valence-electron chi connectivity index (χ3n) is 3.79. The van der Waals surface area contributed by atoms with Gasteiger partial charge in [0.25, 0.3) is 0 Å². The van der Waals surface area contributed by atoms with Gasteiger partial charge in [-0.05, 0) is 30.5 Å². The Morgan fingerprint density at radius 2 is 2.00 bits per heavy atom. The van der Waals surface area contributed by atoms with Gasteiger partial charge in [-0.25, -0.2) is 4.79 Å². The Morgan fingerprint density at radius 3 is 2.59 bits per heavy atom. The number of benzene rings is 1. The number of halogens is 1. The van der Waals surface area contributed by atoms with Gasteiger partial charge in [0.15, 0.2) is 0 Å². The van der Waals surface area contributed by atoms with Crippen molar-refractivity contribution in [2.75, 3.05) is 6.67 Å². The average molecular weight is 236 g/mol. The van der Waals surface area contributed by atoms with Crippen molar-refractivity contribution in [1.82, 2.24) is 0 Å². The van der Waals surface area contributed by atoms with Crippen molar-refractivity contribution in [3.05, 3.63) is 35.4 Å². The first kappa shape index (κ1) is 12.1. The largest absolute Gasteiger partial charge is 0.478 e. The minimum absolute atomic E-state index is 0.251. The highest BCUT2D eigenvalue weighted by Crippen LogP contribution is 2.40. The highest BCUT2D eigenvalue weighted by atomic mass is 19.1. The number of carbonyl (C=O) groups is 1. The van der Waals surface area contributed by atoms with Crippen LogP contribution >= 0.6 is 0 Å². The predicted octanol–water partition coefficient (Wildman–Crippen LogP) is 3.56. The number of alkyl halides is 1. The number of carboxylic acid groups (broad SMARTS) is 1. The number of aromatic carboxylic acids is 1. The molecule has 2 nitrogen and oxygen atoms in total. The van der Waals surface area contributed by atoms with E-state index in [1.807, 2.05) is 6.07 Å². The molecular formula is C14H17FO2. The van der Waals surface area contributed by atoms with Gasteiger partial charge in [-0.3, -0.25) is 4.39 Å². The predicted molar refractivity (Wildman–Crippen MR) is 64.1 cm³/mol. The Bertz CT molecular complexity index is 408. The van der Waals surface area contributed by atoms with Gasteiger partial charge >= 0.3 is 5.97 Å². The molecule has 0 aliphatic heterocycles. The van der Waals surface area contributed by atoms with E-state index in [0.29, 0.717) is 0 Å². The van der Waals surface area contributed by atoms with E-state index in [1.165, 1.54) is 0 Å². The number of rotatable bonds is 3. The summed E-state index contributed by atoms with van der Waals surface area (Å²) in [5.41, 5.74) is 0.657. The monoisotopic (exact) mass is 236 g/mol. The van der Waals surface area contributed by atoms with Crippen LogP contribution in [-0.4, -0.2) is 17.8 Å². The number of carboxylic acids is 1. The molecule has 0 aromatic heterocycles. The summed E-state index contributed by atoms with van der Waals surface area (Å²) < 4.78 is 13.4. The van der Waals surface area contributed by atoms with Crippen LogP contribution in [0.4, 0.5) is 4.39 Å². The number of hydrogen-bond donors (Lipinski definition) is 1. The fraction of sp³-hybridized carbons (Fsp3) is 0.500. The molecule has 0 saturated heterocycles. The van der Waals surface area contributed by atoms with Crippen molar-refractivity contribution < 1.29 is 14.3 Å². The van der Waals surface area contributed by atoms with Crippen molar-refractivity contribution in [3.8, 4) is 0 Å². The zero-order valence-corrected chi connectivity index (χ0v) is 9.79. The first-order valence-corrected chi connectivity index (χ1v) is 6.08. The van der Waals surface area contributed by atoms with Gasteiger partial charge in [-0.2, -0.15) is 0 Å². The molecule has 1 fully saturated rings. The molecule has 1 aliphatic rings. The van der Waals surface area contributed by atoms with Crippen LogP contribution in [0.5, 0.6) is 0 Å². The van der Waals surface area contributed by atoms with E-state index in [4.69, 9.17) is 5.11 Å². The zero-order chi connectivity index (χ0) is 12.3. The molecule has 3 heteroatoms. The Morgan fingerprint density at radius 1 is 1.29 bits per heavy atom. The molecule has 0 bridgehead atoms. The van der Waals surface area contributed by atoms with E-state index in [2.05, 4.69) is 0 Å². The standard InChI is InChI=1S/C14H17FO2/c15-10-14(7-2-1-3-8-14)12-6-4-5-11(9-12)13(16)17/h4-6,9H,1-3,7-8,10H2,(H,16,17). The molecule has 1 N–H and O–H groups in total. The molecule has 2 rings (SSSR count). The Kier molecular flexibility index (Phi) is 3.46. The van der Waals surface area contributed by atoms with Crippen LogP contribution in [0, 0.1) is 0 Å². The molecule has 1 aromatic rings. The molecule has 0 unspecified atom stereocenters. The van der Waals surface area contributed by atoms with Gasteiger partial charge in [-0.1, -0.05) is 31.4 Å². The maximum atomic E-state index is 13.4. The molecule has 0 heterocycles. The SMILES string of the molecule is O=C(O)c1cccc(C2(CF)CCCCC2)c1. The molecule has 1 saturated carbocycles. The Balaban J connectivity index is 2.36. The fourth-order valence-corrected chi connectivity index (χ4v) is 2.71. The summed E-state index contributed by atoms with van der Waals surface area (Å²) in [6, 6.07) is 6.76. The van der Waals surface area contributed by atoms with Crippen LogP contribution < -0.4 is 0 Å². The summed E-state index contributed by atoms with van der Waals surface area (Å²) in [5, 5.41) is 8.97. The van der Waals surface area contributed by atoms with Crippen molar-refractivity contribution in [3.63, 3.8) is 0 Å². The zero-order valence-electron chi connectivity index (χ0n) is 9.79. The van der Waals surface area contributed by atoms with Gasteiger partial charge in [0.2, 0.25) is 0 Å². The third kappa shape index (κ3) is 2.33. The maximum Gasteiger partial charge on any atom is 0.335 e. The second kappa shape index (κ2) is 4.86. The van der Waals surface area contributed by atoms with E-state index in [9.17, 15) is 9.18 Å². The van der Waals surface area contributed by atoms with E-state index in [-0.39, 0.29) is 5.56 Å². The van der Waals surface area contributed by atoms with Crippen LogP contribution in [0.15, 0.2) is 24.3 Å². The molecule has 1 aromatic carbocycles. The van der Waals surface area contributed by atoms with E-state index in [1.54, 1.807) is 18.2 Å². The van der Waals surface area contributed by atoms with E-state index < -0.39 is 18.1 Å². The normalized spacial score (nSPS) is 18.9. The quantitative estimate of drug-likeness (QED) is 0.871. The first-order chi connectivity index (χ1) is 8.18.